The van der Waals surface area contributed by atoms with Crippen LogP contribution >= 0.6 is 0 Å². The number of aliphatic hydroxyl groups is 3. The summed E-state index contributed by atoms with van der Waals surface area (Å²) in [6, 6.07) is 14.7. The van der Waals surface area contributed by atoms with E-state index < -0.39 is 118 Å². The van der Waals surface area contributed by atoms with Crippen molar-refractivity contribution < 1.29 is 72.5 Å². The Morgan fingerprint density at radius 2 is 1.58 bits per heavy atom. The molecule has 2 bridgehead atoms. The minimum atomic E-state index is -2.39. The van der Waals surface area contributed by atoms with Crippen molar-refractivity contribution >= 4 is 35.8 Å². The first kappa shape index (κ1) is 48.3. The predicted octanol–water partition coefficient (Wildman–Crippen LogP) is 5.00. The van der Waals surface area contributed by atoms with Gasteiger partial charge in [0, 0.05) is 31.6 Å². The number of fused-ring (bicyclic) bond motifs is 5. The average molecular weight is 892 g/mol. The van der Waals surface area contributed by atoms with Crippen molar-refractivity contribution in [2.24, 2.45) is 16.7 Å². The molecule has 2 aromatic carbocycles. The molecule has 4 aliphatic rings. The molecule has 4 N–H and O–H groups in total. The SMILES string of the molecule is CCCCC(=O)O[C@@H](C(=O)O[C@H]1C[C@@]2(O)[C@@H](OC(=O)c3ccccc3)C3[C@](C)(C(=O)[C@H](O)C(=C1C)C2(C)C)[C@@H](O)C[C@H]1OC[C@@]31OC(C)=O)[C@@H](NC(=O)OC(C)(C)C)c1ccccc1. The number of alkyl carbamates (subject to hydrolysis) is 1. The van der Waals surface area contributed by atoms with Gasteiger partial charge in [-0.2, -0.15) is 0 Å². The van der Waals surface area contributed by atoms with Crippen molar-refractivity contribution in [1.82, 2.24) is 5.32 Å². The van der Waals surface area contributed by atoms with Gasteiger partial charge in [0.1, 0.15) is 41.7 Å². The van der Waals surface area contributed by atoms with Gasteiger partial charge in [0.05, 0.1) is 29.6 Å². The molecule has 1 heterocycles. The van der Waals surface area contributed by atoms with Crippen molar-refractivity contribution in [1.29, 1.82) is 0 Å². The number of ketones is 1. The Morgan fingerprint density at radius 3 is 2.14 bits per heavy atom. The fourth-order valence-corrected chi connectivity index (χ4v) is 10.2. The predicted molar refractivity (Wildman–Crippen MR) is 227 cm³/mol. The summed E-state index contributed by atoms with van der Waals surface area (Å²) in [6.45, 7) is 13.7. The maximum Gasteiger partial charge on any atom is 0.408 e. The maximum atomic E-state index is 15.1. The summed E-state index contributed by atoms with van der Waals surface area (Å²) in [5, 5.41) is 40.6. The lowest BCUT2D eigenvalue weighted by Gasteiger charge is -2.67. The van der Waals surface area contributed by atoms with E-state index in [4.69, 9.17) is 28.4 Å². The first-order valence-corrected chi connectivity index (χ1v) is 21.8. The molecule has 2 aromatic rings. The molecule has 0 aromatic heterocycles. The molecule has 3 fully saturated rings. The van der Waals surface area contributed by atoms with Crippen molar-refractivity contribution in [2.45, 2.75) is 154 Å². The Hall–Kier alpha value is -5.16. The largest absolute Gasteiger partial charge is 0.455 e. The number of amides is 1. The van der Waals surface area contributed by atoms with Gasteiger partial charge in [-0.3, -0.25) is 14.4 Å². The van der Waals surface area contributed by atoms with E-state index in [1.165, 1.54) is 26.0 Å². The second-order valence-electron chi connectivity index (χ2n) is 19.1. The molecule has 1 unspecified atom stereocenters. The summed E-state index contributed by atoms with van der Waals surface area (Å²) in [5.41, 5.74) is -8.32. The van der Waals surface area contributed by atoms with E-state index in [0.717, 1.165) is 6.92 Å². The lowest BCUT2D eigenvalue weighted by Crippen LogP contribution is -2.81. The quantitative estimate of drug-likeness (QED) is 0.125. The number of esters is 4. The highest BCUT2D eigenvalue weighted by molar-refractivity contribution is 5.94. The Labute approximate surface area is 372 Å². The van der Waals surface area contributed by atoms with Crippen LogP contribution in [-0.4, -0.2) is 111 Å². The number of benzene rings is 2. The third kappa shape index (κ3) is 8.69. The van der Waals surface area contributed by atoms with E-state index in [1.807, 2.05) is 6.92 Å². The Morgan fingerprint density at radius 1 is 0.953 bits per heavy atom. The van der Waals surface area contributed by atoms with Crippen molar-refractivity contribution in [3.63, 3.8) is 0 Å². The van der Waals surface area contributed by atoms with Crippen molar-refractivity contribution in [2.75, 3.05) is 6.61 Å². The summed E-state index contributed by atoms with van der Waals surface area (Å²) in [4.78, 5) is 84.0. The van der Waals surface area contributed by atoms with E-state index in [1.54, 1.807) is 83.1 Å². The Balaban J connectivity index is 1.52. The molecule has 16 nitrogen and oxygen atoms in total. The van der Waals surface area contributed by atoms with Crippen LogP contribution in [0.3, 0.4) is 0 Å². The number of Topliss-reactive ketones (excluding diaryl/α,β-unsaturated/α-hetero) is 1. The van der Waals surface area contributed by atoms with Gasteiger partial charge in [-0.25, -0.2) is 14.4 Å². The smallest absolute Gasteiger partial charge is 0.408 e. The second-order valence-corrected chi connectivity index (χ2v) is 19.1. The summed E-state index contributed by atoms with van der Waals surface area (Å²) in [7, 11) is 0. The van der Waals surface area contributed by atoms with Gasteiger partial charge in [0.2, 0.25) is 6.10 Å². The first-order valence-electron chi connectivity index (χ1n) is 21.8. The number of hydrogen-bond donors (Lipinski definition) is 4. The van der Waals surface area contributed by atoms with Gasteiger partial charge in [-0.05, 0) is 69.9 Å². The van der Waals surface area contributed by atoms with Gasteiger partial charge in [-0.1, -0.05) is 75.7 Å². The zero-order valence-corrected chi connectivity index (χ0v) is 37.9. The monoisotopic (exact) mass is 891 g/mol. The number of unbranched alkanes of at least 4 members (excludes halogenated alkanes) is 1. The van der Waals surface area contributed by atoms with Crippen LogP contribution < -0.4 is 5.32 Å². The summed E-state index contributed by atoms with van der Waals surface area (Å²) >= 11 is 0. The van der Waals surface area contributed by atoms with Crippen LogP contribution in [0.25, 0.3) is 0 Å². The van der Waals surface area contributed by atoms with Crippen LogP contribution in [0.5, 0.6) is 0 Å². The molecular formula is C48H61NO15. The zero-order chi connectivity index (χ0) is 47.2. The molecule has 1 aliphatic heterocycles. The highest BCUT2D eigenvalue weighted by Gasteiger charge is 2.78. The molecule has 2 saturated carbocycles. The normalized spacial score (nSPS) is 31.5. The van der Waals surface area contributed by atoms with E-state index in [9.17, 15) is 39.3 Å². The second kappa shape index (κ2) is 18.0. The molecule has 16 heteroatoms. The standard InChI is InChI=1S/C48H61NO15/c1-10-11-22-33(52)61-37(35(28-18-14-12-15-19-28)49-43(57)64-44(4,5)6)42(56)60-30-24-48(58)40(62-41(55)29-20-16-13-17-21-29)38-46(9,39(54)36(53)34(26(30)2)45(48,7)8)31(51)23-32-47(38,25-59-32)63-27(3)50/h12-21,30-32,35-38,40,51,53,58H,10-11,22-25H2,1-9H3,(H,49,57)/t30-,31-,32+,35-,36+,37+,38?,40-,46+,47-,48+/m0/s1. The van der Waals surface area contributed by atoms with Crippen LogP contribution in [0.4, 0.5) is 4.79 Å². The number of aliphatic hydroxyl groups excluding tert-OH is 2. The first-order chi connectivity index (χ1) is 29.9. The van der Waals surface area contributed by atoms with E-state index in [2.05, 4.69) is 5.32 Å². The lowest BCUT2D eigenvalue weighted by atomic mass is 9.44. The highest BCUT2D eigenvalue weighted by atomic mass is 16.6. The third-order valence-electron chi connectivity index (χ3n) is 13.5. The maximum absolute atomic E-state index is 15.1. The van der Waals surface area contributed by atoms with Crippen molar-refractivity contribution in [3.05, 3.63) is 82.9 Å². The number of ether oxygens (including phenoxy) is 6. The van der Waals surface area contributed by atoms with Gasteiger partial charge in [-0.15, -0.1) is 0 Å². The third-order valence-corrected chi connectivity index (χ3v) is 13.5. The average Bonchev–Trinajstić information content (AvgIpc) is 3.22. The van der Waals surface area contributed by atoms with Gasteiger partial charge in [0.25, 0.3) is 0 Å². The molecule has 3 aliphatic carbocycles. The number of rotatable bonds is 12. The zero-order valence-electron chi connectivity index (χ0n) is 37.9. The summed E-state index contributed by atoms with van der Waals surface area (Å²) in [6.07, 6.45) is -10.5. The molecule has 0 radical (unpaired) electrons. The molecule has 1 saturated heterocycles. The van der Waals surface area contributed by atoms with E-state index >= 15 is 4.79 Å². The van der Waals surface area contributed by atoms with Gasteiger partial charge in [0.15, 0.2) is 11.4 Å². The number of carbonyl (C=O) groups is 6. The minimum Gasteiger partial charge on any atom is -0.455 e. The Kier molecular flexibility index (Phi) is 13.6. The molecule has 6 rings (SSSR count). The van der Waals surface area contributed by atoms with Crippen LogP contribution in [0, 0.1) is 16.7 Å². The van der Waals surface area contributed by atoms with Crippen LogP contribution in [0.1, 0.15) is 116 Å². The number of hydrogen-bond acceptors (Lipinski definition) is 15. The van der Waals surface area contributed by atoms with Crippen molar-refractivity contribution in [3.8, 4) is 0 Å². The molecule has 64 heavy (non-hydrogen) atoms. The highest BCUT2D eigenvalue weighted by Crippen LogP contribution is 2.64. The minimum absolute atomic E-state index is 0.0706. The molecular weight excluding hydrogens is 831 g/mol. The van der Waals surface area contributed by atoms with Crippen LogP contribution in [0.15, 0.2) is 71.8 Å². The van der Waals surface area contributed by atoms with E-state index in [-0.39, 0.29) is 36.2 Å². The molecule has 11 atom stereocenters. The van der Waals surface area contributed by atoms with Gasteiger partial charge < -0.3 is 49.1 Å². The van der Waals surface area contributed by atoms with E-state index in [0.29, 0.717) is 18.4 Å². The number of nitrogens with one attached hydrogen (secondary N) is 1. The van der Waals surface area contributed by atoms with Crippen LogP contribution in [-0.2, 0) is 47.6 Å². The molecule has 348 valence electrons. The summed E-state index contributed by atoms with van der Waals surface area (Å²) < 4.78 is 35.9. The number of carbonyl (C=O) groups excluding carboxylic acids is 6. The topological polar surface area (TPSA) is 231 Å². The lowest BCUT2D eigenvalue weighted by molar-refractivity contribution is -0.346. The fourth-order valence-electron chi connectivity index (χ4n) is 10.2. The molecule has 0 spiro atoms. The van der Waals surface area contributed by atoms with Crippen LogP contribution in [0.2, 0.25) is 0 Å². The summed E-state index contributed by atoms with van der Waals surface area (Å²) in [5.74, 6) is -6.11. The molecule has 1 amide bonds. The Bertz CT molecular complexity index is 2150. The van der Waals surface area contributed by atoms with Gasteiger partial charge >= 0.3 is 30.0 Å². The fraction of sp³-hybridized carbons (Fsp3) is 0.583.